The van der Waals surface area contributed by atoms with E-state index in [1.165, 1.54) is 0 Å². The summed E-state index contributed by atoms with van der Waals surface area (Å²) in [5.41, 5.74) is 3.38. The number of rotatable bonds is 5. The van der Waals surface area contributed by atoms with Crippen LogP contribution in [0.25, 0.3) is 11.0 Å². The molecule has 0 bridgehead atoms. The average Bonchev–Trinajstić information content (AvgIpc) is 3.17. The van der Waals surface area contributed by atoms with E-state index in [0.717, 1.165) is 17.5 Å². The van der Waals surface area contributed by atoms with Crippen molar-refractivity contribution >= 4 is 28.5 Å². The molecule has 0 radical (unpaired) electrons. The van der Waals surface area contributed by atoms with E-state index in [9.17, 15) is 14.4 Å². The highest BCUT2D eigenvalue weighted by Gasteiger charge is 2.43. The van der Waals surface area contributed by atoms with Crippen molar-refractivity contribution in [2.24, 2.45) is 0 Å². The molecule has 1 aromatic heterocycles. The number of carbonyl (C=O) groups excluding carboxylic acids is 2. The van der Waals surface area contributed by atoms with Gasteiger partial charge in [0.2, 0.25) is 5.76 Å². The molecule has 2 heterocycles. The van der Waals surface area contributed by atoms with Crippen molar-refractivity contribution in [3.05, 3.63) is 111 Å². The minimum atomic E-state index is -0.650. The Morgan fingerprint density at radius 1 is 0.941 bits per heavy atom. The number of hydrogen-bond acceptors (Lipinski definition) is 5. The Morgan fingerprint density at radius 3 is 2.32 bits per heavy atom. The van der Waals surface area contributed by atoms with Gasteiger partial charge in [0.1, 0.15) is 5.58 Å². The van der Waals surface area contributed by atoms with E-state index in [-0.39, 0.29) is 17.8 Å². The standard InChI is InChI=1S/C28H23NO5/c1-3-17-9-11-18(12-10-17)24-23-25(30)21-7-5-6-8-22(21)34-26(23)27(31)29(24)20-15-13-19(14-16-20)28(32)33-4-2/h5-16,24H,3-4H2,1-2H3. The Hall–Kier alpha value is -4.19. The lowest BCUT2D eigenvalue weighted by Gasteiger charge is -2.25. The van der Waals surface area contributed by atoms with Gasteiger partial charge in [0, 0.05) is 5.69 Å². The SMILES string of the molecule is CCOC(=O)c1ccc(N2C(=O)c3oc4ccccc4c(=O)c3C2c2ccc(CC)cc2)cc1. The van der Waals surface area contributed by atoms with E-state index in [2.05, 4.69) is 6.92 Å². The first-order chi connectivity index (χ1) is 16.5. The summed E-state index contributed by atoms with van der Waals surface area (Å²) in [6.45, 7) is 4.09. The van der Waals surface area contributed by atoms with Gasteiger partial charge in [-0.3, -0.25) is 14.5 Å². The first-order valence-corrected chi connectivity index (χ1v) is 11.3. The van der Waals surface area contributed by atoms with Crippen molar-refractivity contribution in [2.75, 3.05) is 11.5 Å². The van der Waals surface area contributed by atoms with Crippen molar-refractivity contribution in [1.82, 2.24) is 0 Å². The van der Waals surface area contributed by atoms with Gasteiger partial charge in [-0.15, -0.1) is 0 Å². The fraction of sp³-hybridized carbons (Fsp3) is 0.179. The van der Waals surface area contributed by atoms with Crippen LogP contribution in [0.3, 0.4) is 0 Å². The fourth-order valence-corrected chi connectivity index (χ4v) is 4.41. The van der Waals surface area contributed by atoms with Crippen LogP contribution in [-0.2, 0) is 11.2 Å². The number of nitrogens with zero attached hydrogens (tertiary/aromatic N) is 1. The third-order valence-corrected chi connectivity index (χ3v) is 6.14. The van der Waals surface area contributed by atoms with Crippen LogP contribution in [0.15, 0.2) is 82.0 Å². The van der Waals surface area contributed by atoms with Gasteiger partial charge in [-0.2, -0.15) is 0 Å². The van der Waals surface area contributed by atoms with E-state index in [0.29, 0.717) is 27.8 Å². The predicted molar refractivity (Wildman–Crippen MR) is 129 cm³/mol. The second kappa shape index (κ2) is 8.63. The molecule has 1 unspecified atom stereocenters. The molecule has 1 atom stereocenters. The number of fused-ring (bicyclic) bond motifs is 2. The largest absolute Gasteiger partial charge is 0.462 e. The molecule has 4 aromatic rings. The van der Waals surface area contributed by atoms with Gasteiger partial charge in [0.25, 0.3) is 5.91 Å². The summed E-state index contributed by atoms with van der Waals surface area (Å²) < 4.78 is 11.0. The van der Waals surface area contributed by atoms with Crippen molar-refractivity contribution < 1.29 is 18.7 Å². The smallest absolute Gasteiger partial charge is 0.338 e. The molecule has 0 fully saturated rings. The zero-order valence-corrected chi connectivity index (χ0v) is 18.9. The van der Waals surface area contributed by atoms with Crippen LogP contribution in [0.2, 0.25) is 0 Å². The quantitative estimate of drug-likeness (QED) is 0.384. The van der Waals surface area contributed by atoms with E-state index in [1.807, 2.05) is 24.3 Å². The number of anilines is 1. The van der Waals surface area contributed by atoms with Crippen molar-refractivity contribution in [3.63, 3.8) is 0 Å². The lowest BCUT2D eigenvalue weighted by molar-refractivity contribution is 0.0526. The number of ether oxygens (including phenoxy) is 1. The predicted octanol–water partition coefficient (Wildman–Crippen LogP) is 5.28. The molecular weight excluding hydrogens is 430 g/mol. The molecule has 170 valence electrons. The maximum absolute atomic E-state index is 13.6. The number of carbonyl (C=O) groups is 2. The lowest BCUT2D eigenvalue weighted by Crippen LogP contribution is -2.29. The number of esters is 1. The molecule has 6 nitrogen and oxygen atoms in total. The van der Waals surface area contributed by atoms with Crippen LogP contribution >= 0.6 is 0 Å². The highest BCUT2D eigenvalue weighted by Crippen LogP contribution is 2.41. The summed E-state index contributed by atoms with van der Waals surface area (Å²) in [6.07, 6.45) is 0.881. The van der Waals surface area contributed by atoms with Gasteiger partial charge in [-0.05, 0) is 60.9 Å². The molecule has 0 saturated heterocycles. The summed E-state index contributed by atoms with van der Waals surface area (Å²) >= 11 is 0. The summed E-state index contributed by atoms with van der Waals surface area (Å²) in [7, 11) is 0. The summed E-state index contributed by atoms with van der Waals surface area (Å²) in [4.78, 5) is 40.8. The summed E-state index contributed by atoms with van der Waals surface area (Å²) in [6, 6.07) is 20.8. The number of aryl methyl sites for hydroxylation is 1. The van der Waals surface area contributed by atoms with E-state index >= 15 is 0 Å². The van der Waals surface area contributed by atoms with Gasteiger partial charge in [-0.1, -0.05) is 43.3 Å². The van der Waals surface area contributed by atoms with Gasteiger partial charge < -0.3 is 9.15 Å². The topological polar surface area (TPSA) is 76.8 Å². The minimum Gasteiger partial charge on any atom is -0.462 e. The molecule has 0 N–H and O–H groups in total. The molecule has 0 saturated carbocycles. The maximum Gasteiger partial charge on any atom is 0.338 e. The Labute approximate surface area is 196 Å². The third kappa shape index (κ3) is 3.48. The van der Waals surface area contributed by atoms with Crippen LogP contribution in [0, 0.1) is 0 Å². The number of para-hydroxylation sites is 1. The van der Waals surface area contributed by atoms with Gasteiger partial charge in [-0.25, -0.2) is 4.79 Å². The zero-order valence-electron chi connectivity index (χ0n) is 18.9. The van der Waals surface area contributed by atoms with Gasteiger partial charge in [0.05, 0.1) is 29.2 Å². The lowest BCUT2D eigenvalue weighted by atomic mass is 9.97. The molecule has 0 spiro atoms. The van der Waals surface area contributed by atoms with Crippen molar-refractivity contribution in [3.8, 4) is 0 Å². The molecule has 1 amide bonds. The number of benzene rings is 3. The van der Waals surface area contributed by atoms with E-state index in [1.54, 1.807) is 60.4 Å². The van der Waals surface area contributed by atoms with Crippen LogP contribution in [0.4, 0.5) is 5.69 Å². The Bertz CT molecular complexity index is 1450. The summed E-state index contributed by atoms with van der Waals surface area (Å²) in [5.74, 6) is -0.783. The maximum atomic E-state index is 13.6. The van der Waals surface area contributed by atoms with Gasteiger partial charge >= 0.3 is 5.97 Å². The zero-order chi connectivity index (χ0) is 23.8. The molecule has 34 heavy (non-hydrogen) atoms. The van der Waals surface area contributed by atoms with E-state index < -0.39 is 17.9 Å². The van der Waals surface area contributed by atoms with Crippen LogP contribution in [0.1, 0.15) is 57.5 Å². The van der Waals surface area contributed by atoms with Crippen LogP contribution < -0.4 is 10.3 Å². The van der Waals surface area contributed by atoms with E-state index in [4.69, 9.17) is 9.15 Å². The molecular formula is C28H23NO5. The first-order valence-electron chi connectivity index (χ1n) is 11.3. The Kier molecular flexibility index (Phi) is 5.49. The van der Waals surface area contributed by atoms with Crippen LogP contribution in [-0.4, -0.2) is 18.5 Å². The molecule has 0 aliphatic carbocycles. The molecule has 3 aromatic carbocycles. The normalized spacial score (nSPS) is 14.9. The fourth-order valence-electron chi connectivity index (χ4n) is 4.41. The minimum absolute atomic E-state index is 0.0442. The monoisotopic (exact) mass is 453 g/mol. The van der Waals surface area contributed by atoms with Crippen molar-refractivity contribution in [2.45, 2.75) is 26.3 Å². The third-order valence-electron chi connectivity index (χ3n) is 6.14. The first kappa shape index (κ1) is 21.6. The number of amides is 1. The average molecular weight is 453 g/mol. The highest BCUT2D eigenvalue weighted by atomic mass is 16.5. The second-order valence-corrected chi connectivity index (χ2v) is 8.11. The number of hydrogen-bond donors (Lipinski definition) is 0. The molecule has 1 aliphatic rings. The molecule has 5 rings (SSSR count). The second-order valence-electron chi connectivity index (χ2n) is 8.11. The van der Waals surface area contributed by atoms with Crippen molar-refractivity contribution in [1.29, 1.82) is 0 Å². The molecule has 1 aliphatic heterocycles. The summed E-state index contributed by atoms with van der Waals surface area (Å²) in [5, 5.41) is 0.434. The molecule has 6 heteroatoms. The highest BCUT2D eigenvalue weighted by molar-refractivity contribution is 6.10. The van der Waals surface area contributed by atoms with Gasteiger partial charge in [0.15, 0.2) is 5.43 Å². The van der Waals surface area contributed by atoms with Crippen LogP contribution in [0.5, 0.6) is 0 Å². The Balaban J connectivity index is 1.68. The Morgan fingerprint density at radius 2 is 1.65 bits per heavy atom.